The third-order valence-corrected chi connectivity index (χ3v) is 3.52. The number of rotatable bonds is 6. The number of ether oxygens (including phenoxy) is 1. The SMILES string of the molecule is CCCc1cc(C=CC(=O)c2ccc(O)cc2)c(OC)cc1O. The van der Waals surface area contributed by atoms with Crippen molar-refractivity contribution in [1.82, 2.24) is 0 Å². The van der Waals surface area contributed by atoms with E-state index in [-0.39, 0.29) is 17.3 Å². The number of hydrogen-bond acceptors (Lipinski definition) is 4. The topological polar surface area (TPSA) is 66.8 Å². The second-order valence-corrected chi connectivity index (χ2v) is 5.22. The Kier molecular flexibility index (Phi) is 5.41. The van der Waals surface area contributed by atoms with Gasteiger partial charge in [0.05, 0.1) is 7.11 Å². The van der Waals surface area contributed by atoms with Gasteiger partial charge in [-0.05, 0) is 54.5 Å². The van der Waals surface area contributed by atoms with Gasteiger partial charge in [0.1, 0.15) is 17.2 Å². The number of phenols is 2. The molecule has 23 heavy (non-hydrogen) atoms. The Morgan fingerprint density at radius 2 is 1.87 bits per heavy atom. The summed E-state index contributed by atoms with van der Waals surface area (Å²) in [6.45, 7) is 2.04. The minimum Gasteiger partial charge on any atom is -0.508 e. The van der Waals surface area contributed by atoms with Gasteiger partial charge in [-0.25, -0.2) is 0 Å². The molecule has 0 unspecified atom stereocenters. The number of carbonyl (C=O) groups is 1. The van der Waals surface area contributed by atoms with Crippen LogP contribution in [0.15, 0.2) is 42.5 Å². The van der Waals surface area contributed by atoms with E-state index < -0.39 is 0 Å². The molecule has 0 aromatic heterocycles. The van der Waals surface area contributed by atoms with Crippen LogP contribution < -0.4 is 4.74 Å². The number of allylic oxidation sites excluding steroid dienone is 1. The Balaban J connectivity index is 2.28. The molecule has 0 atom stereocenters. The number of carbonyl (C=O) groups excluding carboxylic acids is 1. The molecule has 4 heteroatoms. The number of aryl methyl sites for hydroxylation is 1. The summed E-state index contributed by atoms with van der Waals surface area (Å²) >= 11 is 0. The Morgan fingerprint density at radius 1 is 1.17 bits per heavy atom. The van der Waals surface area contributed by atoms with Crippen molar-refractivity contribution in [1.29, 1.82) is 0 Å². The highest BCUT2D eigenvalue weighted by atomic mass is 16.5. The maximum absolute atomic E-state index is 12.1. The van der Waals surface area contributed by atoms with E-state index >= 15 is 0 Å². The van der Waals surface area contributed by atoms with Gasteiger partial charge in [-0.1, -0.05) is 13.3 Å². The minimum atomic E-state index is -0.169. The first-order valence-corrected chi connectivity index (χ1v) is 7.46. The van der Waals surface area contributed by atoms with Crippen molar-refractivity contribution >= 4 is 11.9 Å². The molecule has 0 heterocycles. The molecule has 120 valence electrons. The highest BCUT2D eigenvalue weighted by Gasteiger charge is 2.08. The molecule has 0 bridgehead atoms. The molecule has 0 saturated heterocycles. The largest absolute Gasteiger partial charge is 0.508 e. The summed E-state index contributed by atoms with van der Waals surface area (Å²) < 4.78 is 5.26. The normalized spacial score (nSPS) is 10.9. The second-order valence-electron chi connectivity index (χ2n) is 5.22. The van der Waals surface area contributed by atoms with Crippen LogP contribution in [0.5, 0.6) is 17.2 Å². The van der Waals surface area contributed by atoms with E-state index in [9.17, 15) is 15.0 Å². The summed E-state index contributed by atoms with van der Waals surface area (Å²) in [5.74, 6) is 0.662. The summed E-state index contributed by atoms with van der Waals surface area (Å²) in [7, 11) is 1.52. The molecule has 0 aliphatic heterocycles. The number of hydrogen-bond donors (Lipinski definition) is 2. The zero-order chi connectivity index (χ0) is 16.8. The lowest BCUT2D eigenvalue weighted by atomic mass is 10.0. The molecule has 0 aliphatic rings. The van der Waals surface area contributed by atoms with E-state index in [1.165, 1.54) is 25.3 Å². The van der Waals surface area contributed by atoms with Crippen molar-refractivity contribution < 1.29 is 19.7 Å². The number of benzene rings is 2. The summed E-state index contributed by atoms with van der Waals surface area (Å²) in [6, 6.07) is 9.48. The van der Waals surface area contributed by atoms with E-state index in [0.29, 0.717) is 11.3 Å². The molecule has 2 rings (SSSR count). The quantitative estimate of drug-likeness (QED) is 0.626. The maximum atomic E-state index is 12.1. The molecule has 0 saturated carbocycles. The lowest BCUT2D eigenvalue weighted by Crippen LogP contribution is -1.95. The van der Waals surface area contributed by atoms with Crippen molar-refractivity contribution in [3.05, 3.63) is 59.2 Å². The minimum absolute atomic E-state index is 0.120. The molecule has 0 spiro atoms. The van der Waals surface area contributed by atoms with Gasteiger partial charge in [0.15, 0.2) is 5.78 Å². The Hall–Kier alpha value is -2.75. The molecule has 0 fully saturated rings. The zero-order valence-corrected chi connectivity index (χ0v) is 13.2. The summed E-state index contributed by atoms with van der Waals surface area (Å²) in [5.41, 5.74) is 2.05. The van der Waals surface area contributed by atoms with Gasteiger partial charge in [-0.2, -0.15) is 0 Å². The first-order valence-electron chi connectivity index (χ1n) is 7.46. The zero-order valence-electron chi connectivity index (χ0n) is 13.2. The molecular formula is C19H20O4. The number of aromatic hydroxyl groups is 2. The molecule has 4 nitrogen and oxygen atoms in total. The summed E-state index contributed by atoms with van der Waals surface area (Å²) in [5, 5.41) is 19.2. The van der Waals surface area contributed by atoms with E-state index in [4.69, 9.17) is 4.74 Å². The van der Waals surface area contributed by atoms with Crippen LogP contribution in [0.4, 0.5) is 0 Å². The summed E-state index contributed by atoms with van der Waals surface area (Å²) in [4.78, 5) is 12.1. The molecule has 2 aromatic carbocycles. The fraction of sp³-hybridized carbons (Fsp3) is 0.211. The van der Waals surface area contributed by atoms with Gasteiger partial charge in [0, 0.05) is 17.2 Å². The first kappa shape index (κ1) is 16.6. The molecular weight excluding hydrogens is 292 g/mol. The van der Waals surface area contributed by atoms with Crippen LogP contribution >= 0.6 is 0 Å². The fourth-order valence-corrected chi connectivity index (χ4v) is 2.30. The van der Waals surface area contributed by atoms with E-state index in [1.54, 1.807) is 24.3 Å². The molecule has 2 N–H and O–H groups in total. The highest BCUT2D eigenvalue weighted by Crippen LogP contribution is 2.30. The van der Waals surface area contributed by atoms with Crippen molar-refractivity contribution in [3.63, 3.8) is 0 Å². The lowest BCUT2D eigenvalue weighted by molar-refractivity contribution is 0.104. The van der Waals surface area contributed by atoms with Crippen molar-refractivity contribution in [3.8, 4) is 17.2 Å². The lowest BCUT2D eigenvalue weighted by Gasteiger charge is -2.10. The molecule has 0 amide bonds. The van der Waals surface area contributed by atoms with Gasteiger partial charge in [0.25, 0.3) is 0 Å². The highest BCUT2D eigenvalue weighted by molar-refractivity contribution is 6.07. The van der Waals surface area contributed by atoms with Crippen LogP contribution in [0.2, 0.25) is 0 Å². The van der Waals surface area contributed by atoms with Gasteiger partial charge in [0.2, 0.25) is 0 Å². The maximum Gasteiger partial charge on any atom is 0.185 e. The monoisotopic (exact) mass is 312 g/mol. The Labute approximate surface area is 135 Å². The van der Waals surface area contributed by atoms with E-state index in [0.717, 1.165) is 24.0 Å². The number of phenolic OH excluding ortho intramolecular Hbond substituents is 2. The van der Waals surface area contributed by atoms with Gasteiger partial charge in [-0.15, -0.1) is 0 Å². The van der Waals surface area contributed by atoms with E-state index in [1.807, 2.05) is 13.0 Å². The molecule has 0 radical (unpaired) electrons. The summed E-state index contributed by atoms with van der Waals surface area (Å²) in [6.07, 6.45) is 4.79. The number of ketones is 1. The van der Waals surface area contributed by atoms with Crippen LogP contribution in [0.3, 0.4) is 0 Å². The van der Waals surface area contributed by atoms with Crippen LogP contribution in [0.25, 0.3) is 6.08 Å². The van der Waals surface area contributed by atoms with E-state index in [2.05, 4.69) is 0 Å². The van der Waals surface area contributed by atoms with Crippen molar-refractivity contribution in [2.45, 2.75) is 19.8 Å². The average Bonchev–Trinajstić information content (AvgIpc) is 2.55. The fourth-order valence-electron chi connectivity index (χ4n) is 2.30. The molecule has 2 aromatic rings. The third kappa shape index (κ3) is 4.13. The van der Waals surface area contributed by atoms with Gasteiger partial charge >= 0.3 is 0 Å². The van der Waals surface area contributed by atoms with Crippen LogP contribution in [-0.4, -0.2) is 23.1 Å². The average molecular weight is 312 g/mol. The third-order valence-electron chi connectivity index (χ3n) is 3.52. The van der Waals surface area contributed by atoms with Crippen molar-refractivity contribution in [2.24, 2.45) is 0 Å². The second kappa shape index (κ2) is 7.49. The van der Waals surface area contributed by atoms with Crippen LogP contribution in [0.1, 0.15) is 34.8 Å². The first-order chi connectivity index (χ1) is 11.0. The predicted octanol–water partition coefficient (Wildman–Crippen LogP) is 3.96. The number of methoxy groups -OCH3 is 1. The van der Waals surface area contributed by atoms with Crippen LogP contribution in [0, 0.1) is 0 Å². The van der Waals surface area contributed by atoms with Crippen molar-refractivity contribution in [2.75, 3.05) is 7.11 Å². The van der Waals surface area contributed by atoms with Gasteiger partial charge in [-0.3, -0.25) is 4.79 Å². The Morgan fingerprint density at radius 3 is 2.48 bits per heavy atom. The van der Waals surface area contributed by atoms with Crippen LogP contribution in [-0.2, 0) is 6.42 Å². The smallest absolute Gasteiger partial charge is 0.185 e. The predicted molar refractivity (Wildman–Crippen MR) is 90.1 cm³/mol. The standard InChI is InChI=1S/C19H20O4/c1-3-4-14-11-15(19(23-2)12-18(14)22)7-10-17(21)13-5-8-16(20)9-6-13/h5-12,20,22H,3-4H2,1-2H3. The van der Waals surface area contributed by atoms with Gasteiger partial charge < -0.3 is 14.9 Å². The molecule has 0 aliphatic carbocycles. The Bertz CT molecular complexity index is 715.